The first-order chi connectivity index (χ1) is 9.67. The van der Waals surface area contributed by atoms with Crippen LogP contribution in [0.15, 0.2) is 53.6 Å². The SMILES string of the molecule is CNc1ccc([N+](=O)[O-])cc1C(=NN)c1ccccc1. The van der Waals surface area contributed by atoms with Crippen molar-refractivity contribution in [2.45, 2.75) is 0 Å². The van der Waals surface area contributed by atoms with Gasteiger partial charge in [-0.05, 0) is 6.07 Å². The summed E-state index contributed by atoms with van der Waals surface area (Å²) in [5.74, 6) is 5.48. The second-order valence-corrected chi connectivity index (χ2v) is 4.08. The number of hydrogen-bond donors (Lipinski definition) is 2. The van der Waals surface area contributed by atoms with Crippen LogP contribution in [0.25, 0.3) is 0 Å². The Morgan fingerprint density at radius 2 is 1.95 bits per heavy atom. The smallest absolute Gasteiger partial charge is 0.270 e. The highest BCUT2D eigenvalue weighted by molar-refractivity contribution is 6.16. The molecule has 0 fully saturated rings. The summed E-state index contributed by atoms with van der Waals surface area (Å²) in [4.78, 5) is 10.5. The summed E-state index contributed by atoms with van der Waals surface area (Å²) in [6, 6.07) is 13.8. The van der Waals surface area contributed by atoms with E-state index in [-0.39, 0.29) is 5.69 Å². The summed E-state index contributed by atoms with van der Waals surface area (Å²) in [7, 11) is 1.74. The number of non-ortho nitro benzene ring substituents is 1. The third-order valence-electron chi connectivity index (χ3n) is 2.91. The number of nitro groups is 1. The largest absolute Gasteiger partial charge is 0.388 e. The van der Waals surface area contributed by atoms with E-state index in [2.05, 4.69) is 10.4 Å². The van der Waals surface area contributed by atoms with Gasteiger partial charge < -0.3 is 11.2 Å². The number of nitrogens with one attached hydrogen (secondary N) is 1. The van der Waals surface area contributed by atoms with E-state index in [9.17, 15) is 10.1 Å². The second kappa shape index (κ2) is 5.83. The third kappa shape index (κ3) is 2.59. The number of hydrazone groups is 1. The molecule has 3 N–H and O–H groups in total. The average Bonchev–Trinajstić information content (AvgIpc) is 2.49. The summed E-state index contributed by atoms with van der Waals surface area (Å²) < 4.78 is 0. The van der Waals surface area contributed by atoms with E-state index in [4.69, 9.17) is 5.84 Å². The minimum Gasteiger partial charge on any atom is -0.388 e. The van der Waals surface area contributed by atoms with Gasteiger partial charge in [-0.2, -0.15) is 5.10 Å². The van der Waals surface area contributed by atoms with Gasteiger partial charge in [0.05, 0.1) is 10.6 Å². The maximum atomic E-state index is 10.9. The molecule has 0 bridgehead atoms. The molecule has 0 heterocycles. The van der Waals surface area contributed by atoms with E-state index in [0.29, 0.717) is 11.3 Å². The van der Waals surface area contributed by atoms with Gasteiger partial charge in [0.25, 0.3) is 5.69 Å². The summed E-state index contributed by atoms with van der Waals surface area (Å²) in [5, 5.41) is 17.7. The van der Waals surface area contributed by atoms with Gasteiger partial charge in [-0.25, -0.2) is 0 Å². The topological polar surface area (TPSA) is 93.5 Å². The van der Waals surface area contributed by atoms with Gasteiger partial charge in [-0.3, -0.25) is 10.1 Å². The quantitative estimate of drug-likeness (QED) is 0.386. The van der Waals surface area contributed by atoms with Crippen molar-refractivity contribution >= 4 is 17.1 Å². The molecule has 102 valence electrons. The van der Waals surface area contributed by atoms with E-state index in [1.165, 1.54) is 12.1 Å². The molecule has 0 aromatic heterocycles. The van der Waals surface area contributed by atoms with Crippen LogP contribution in [0, 0.1) is 10.1 Å². The Balaban J connectivity index is 2.59. The van der Waals surface area contributed by atoms with Crippen molar-refractivity contribution in [2.75, 3.05) is 12.4 Å². The highest BCUT2D eigenvalue weighted by atomic mass is 16.6. The number of nitrogens with two attached hydrogens (primary N) is 1. The zero-order valence-corrected chi connectivity index (χ0v) is 10.9. The van der Waals surface area contributed by atoms with Crippen molar-refractivity contribution in [1.29, 1.82) is 0 Å². The molecular formula is C14H14N4O2. The van der Waals surface area contributed by atoms with Crippen molar-refractivity contribution in [1.82, 2.24) is 0 Å². The number of benzene rings is 2. The Bertz CT molecular complexity index is 653. The maximum Gasteiger partial charge on any atom is 0.270 e. The summed E-state index contributed by atoms with van der Waals surface area (Å²) in [5.41, 5.74) is 2.61. The van der Waals surface area contributed by atoms with Crippen LogP contribution in [0.1, 0.15) is 11.1 Å². The molecule has 2 aromatic rings. The molecule has 0 saturated carbocycles. The van der Waals surface area contributed by atoms with E-state index >= 15 is 0 Å². The predicted octanol–water partition coefficient (Wildman–Crippen LogP) is 2.35. The lowest BCUT2D eigenvalue weighted by Gasteiger charge is -2.11. The van der Waals surface area contributed by atoms with Crippen molar-refractivity contribution in [3.05, 3.63) is 69.8 Å². The summed E-state index contributed by atoms with van der Waals surface area (Å²) in [6.07, 6.45) is 0. The van der Waals surface area contributed by atoms with Gasteiger partial charge in [0, 0.05) is 36.0 Å². The van der Waals surface area contributed by atoms with Crippen LogP contribution in [-0.2, 0) is 0 Å². The number of nitro benzene ring substituents is 1. The minimum absolute atomic E-state index is 0.00363. The monoisotopic (exact) mass is 270 g/mol. The van der Waals surface area contributed by atoms with Gasteiger partial charge in [0.2, 0.25) is 0 Å². The molecule has 0 aliphatic heterocycles. The zero-order valence-electron chi connectivity index (χ0n) is 10.9. The highest BCUT2D eigenvalue weighted by Crippen LogP contribution is 2.24. The lowest BCUT2D eigenvalue weighted by molar-refractivity contribution is -0.384. The number of hydrogen-bond acceptors (Lipinski definition) is 5. The predicted molar refractivity (Wildman–Crippen MR) is 78.9 cm³/mol. The van der Waals surface area contributed by atoms with Crippen LogP contribution in [0.4, 0.5) is 11.4 Å². The zero-order chi connectivity index (χ0) is 14.5. The molecule has 2 rings (SSSR count). The highest BCUT2D eigenvalue weighted by Gasteiger charge is 2.16. The average molecular weight is 270 g/mol. The number of anilines is 1. The molecule has 0 saturated heterocycles. The molecule has 0 spiro atoms. The Morgan fingerprint density at radius 3 is 2.50 bits per heavy atom. The Labute approximate surface area is 116 Å². The van der Waals surface area contributed by atoms with Gasteiger partial charge in [0.15, 0.2) is 0 Å². The molecule has 0 aliphatic rings. The fourth-order valence-electron chi connectivity index (χ4n) is 1.96. The number of nitrogens with zero attached hydrogens (tertiary/aromatic N) is 2. The van der Waals surface area contributed by atoms with E-state index in [1.54, 1.807) is 13.1 Å². The molecule has 0 atom stereocenters. The fourth-order valence-corrected chi connectivity index (χ4v) is 1.96. The molecule has 0 amide bonds. The lowest BCUT2D eigenvalue weighted by Crippen LogP contribution is -2.10. The minimum atomic E-state index is -0.442. The fraction of sp³-hybridized carbons (Fsp3) is 0.0714. The van der Waals surface area contributed by atoms with Crippen LogP contribution in [-0.4, -0.2) is 17.7 Å². The van der Waals surface area contributed by atoms with Gasteiger partial charge in [0.1, 0.15) is 0 Å². The lowest BCUT2D eigenvalue weighted by atomic mass is 10.00. The van der Waals surface area contributed by atoms with E-state index < -0.39 is 4.92 Å². The molecule has 20 heavy (non-hydrogen) atoms. The summed E-state index contributed by atoms with van der Waals surface area (Å²) in [6.45, 7) is 0. The molecule has 0 radical (unpaired) electrons. The second-order valence-electron chi connectivity index (χ2n) is 4.08. The maximum absolute atomic E-state index is 10.9. The van der Waals surface area contributed by atoms with Gasteiger partial charge in [-0.15, -0.1) is 0 Å². The molecule has 6 heteroatoms. The standard InChI is InChI=1S/C14H14N4O2/c1-16-13-8-7-11(18(19)20)9-12(13)14(17-15)10-5-3-2-4-6-10/h2-9,16H,15H2,1H3. The van der Waals surface area contributed by atoms with Crippen LogP contribution >= 0.6 is 0 Å². The Kier molecular flexibility index (Phi) is 3.95. The van der Waals surface area contributed by atoms with Crippen LogP contribution in [0.2, 0.25) is 0 Å². The van der Waals surface area contributed by atoms with Gasteiger partial charge in [-0.1, -0.05) is 30.3 Å². The molecule has 6 nitrogen and oxygen atoms in total. The van der Waals surface area contributed by atoms with Crippen molar-refractivity contribution < 1.29 is 4.92 Å². The first kappa shape index (κ1) is 13.5. The Hall–Kier alpha value is -2.89. The van der Waals surface area contributed by atoms with Crippen LogP contribution in [0.3, 0.4) is 0 Å². The van der Waals surface area contributed by atoms with Crippen molar-refractivity contribution in [2.24, 2.45) is 10.9 Å². The van der Waals surface area contributed by atoms with Crippen LogP contribution < -0.4 is 11.2 Å². The molecule has 0 aliphatic carbocycles. The van der Waals surface area contributed by atoms with Crippen molar-refractivity contribution in [3.8, 4) is 0 Å². The first-order valence-electron chi connectivity index (χ1n) is 5.97. The molecular weight excluding hydrogens is 256 g/mol. The van der Waals surface area contributed by atoms with Crippen molar-refractivity contribution in [3.63, 3.8) is 0 Å². The third-order valence-corrected chi connectivity index (χ3v) is 2.91. The normalized spacial score (nSPS) is 11.2. The van der Waals surface area contributed by atoms with Crippen LogP contribution in [0.5, 0.6) is 0 Å². The number of rotatable bonds is 4. The van der Waals surface area contributed by atoms with Gasteiger partial charge >= 0.3 is 0 Å². The molecule has 0 unspecified atom stereocenters. The summed E-state index contributed by atoms with van der Waals surface area (Å²) >= 11 is 0. The first-order valence-corrected chi connectivity index (χ1v) is 5.97. The van der Waals surface area contributed by atoms with E-state index in [1.807, 2.05) is 30.3 Å². The molecule has 2 aromatic carbocycles. The van der Waals surface area contributed by atoms with E-state index in [0.717, 1.165) is 11.3 Å². The Morgan fingerprint density at radius 1 is 1.25 bits per heavy atom.